The molecule has 0 aliphatic rings. The SMILES string of the molecule is CCCCOC(=O)c1cc(S(=O)(=O)Cl)ccc1OC. The molecule has 0 aliphatic carbocycles. The summed E-state index contributed by atoms with van der Waals surface area (Å²) in [6, 6.07) is 3.78. The van der Waals surface area contributed by atoms with Crippen LogP contribution in [0.25, 0.3) is 0 Å². The molecule has 0 aliphatic heterocycles. The van der Waals surface area contributed by atoms with E-state index in [1.165, 1.54) is 19.2 Å². The molecule has 0 saturated heterocycles. The van der Waals surface area contributed by atoms with E-state index in [1.807, 2.05) is 6.92 Å². The van der Waals surface area contributed by atoms with Crippen molar-refractivity contribution in [1.29, 1.82) is 0 Å². The number of halogens is 1. The maximum atomic E-state index is 11.8. The van der Waals surface area contributed by atoms with E-state index in [1.54, 1.807) is 0 Å². The Balaban J connectivity index is 3.06. The van der Waals surface area contributed by atoms with E-state index in [0.29, 0.717) is 0 Å². The number of methoxy groups -OCH3 is 1. The quantitative estimate of drug-likeness (QED) is 0.459. The van der Waals surface area contributed by atoms with Crippen LogP contribution >= 0.6 is 10.7 Å². The van der Waals surface area contributed by atoms with Gasteiger partial charge in [0.05, 0.1) is 18.6 Å². The Labute approximate surface area is 116 Å². The highest BCUT2D eigenvalue weighted by atomic mass is 35.7. The molecule has 5 nitrogen and oxygen atoms in total. The van der Waals surface area contributed by atoms with Crippen molar-refractivity contribution in [2.45, 2.75) is 24.7 Å². The van der Waals surface area contributed by atoms with Crippen molar-refractivity contribution in [1.82, 2.24) is 0 Å². The molecule has 0 N–H and O–H groups in total. The van der Waals surface area contributed by atoms with Gasteiger partial charge in [0.2, 0.25) is 0 Å². The van der Waals surface area contributed by atoms with Crippen LogP contribution in [0, 0.1) is 0 Å². The Hall–Kier alpha value is -1.27. The third-order valence-electron chi connectivity index (χ3n) is 2.40. The van der Waals surface area contributed by atoms with E-state index in [9.17, 15) is 13.2 Å². The molecule has 19 heavy (non-hydrogen) atoms. The van der Waals surface area contributed by atoms with Crippen LogP contribution in [0.3, 0.4) is 0 Å². The molecule has 0 unspecified atom stereocenters. The third-order valence-corrected chi connectivity index (χ3v) is 3.75. The smallest absolute Gasteiger partial charge is 0.341 e. The lowest BCUT2D eigenvalue weighted by molar-refractivity contribution is 0.0496. The molecule has 0 atom stereocenters. The summed E-state index contributed by atoms with van der Waals surface area (Å²) in [6.45, 7) is 2.24. The molecule has 0 fully saturated rings. The maximum absolute atomic E-state index is 11.8. The molecule has 0 radical (unpaired) electrons. The lowest BCUT2D eigenvalue weighted by atomic mass is 10.2. The summed E-state index contributed by atoms with van der Waals surface area (Å²) in [5.41, 5.74) is 0.0420. The Morgan fingerprint density at radius 1 is 1.37 bits per heavy atom. The summed E-state index contributed by atoms with van der Waals surface area (Å²) in [7, 11) is 2.72. The lowest BCUT2D eigenvalue weighted by Crippen LogP contribution is -2.09. The fraction of sp³-hybridized carbons (Fsp3) is 0.417. The first-order valence-corrected chi connectivity index (χ1v) is 8.01. The van der Waals surface area contributed by atoms with E-state index < -0.39 is 15.0 Å². The number of benzene rings is 1. The second-order valence-electron chi connectivity index (χ2n) is 3.79. The van der Waals surface area contributed by atoms with Gasteiger partial charge >= 0.3 is 5.97 Å². The molecular formula is C12H15ClO5S. The first-order chi connectivity index (χ1) is 8.90. The maximum Gasteiger partial charge on any atom is 0.341 e. The van der Waals surface area contributed by atoms with Crippen molar-refractivity contribution in [3.05, 3.63) is 23.8 Å². The number of hydrogen-bond donors (Lipinski definition) is 0. The molecule has 1 aromatic rings. The molecule has 1 rings (SSSR count). The first-order valence-electron chi connectivity index (χ1n) is 5.70. The predicted octanol–water partition coefficient (Wildman–Crippen LogP) is 2.58. The van der Waals surface area contributed by atoms with Crippen LogP contribution in [0.15, 0.2) is 23.1 Å². The van der Waals surface area contributed by atoms with Crippen LogP contribution in [0.2, 0.25) is 0 Å². The Kier molecular flexibility index (Phi) is 5.62. The van der Waals surface area contributed by atoms with Gasteiger partial charge in [-0.15, -0.1) is 0 Å². The van der Waals surface area contributed by atoms with Gasteiger partial charge < -0.3 is 9.47 Å². The second-order valence-corrected chi connectivity index (χ2v) is 6.36. The van der Waals surface area contributed by atoms with Crippen LogP contribution < -0.4 is 4.74 Å². The van der Waals surface area contributed by atoms with Crippen LogP contribution in [0.4, 0.5) is 0 Å². The molecular weight excluding hydrogens is 292 g/mol. The van der Waals surface area contributed by atoms with Gasteiger partial charge in [-0.05, 0) is 24.6 Å². The molecule has 0 amide bonds. The van der Waals surface area contributed by atoms with Gasteiger partial charge in [0.15, 0.2) is 0 Å². The van der Waals surface area contributed by atoms with Crippen molar-refractivity contribution in [2.75, 3.05) is 13.7 Å². The fourth-order valence-electron chi connectivity index (χ4n) is 1.39. The molecule has 0 aromatic heterocycles. The zero-order chi connectivity index (χ0) is 14.5. The summed E-state index contributed by atoms with van der Waals surface area (Å²) in [5, 5.41) is 0. The van der Waals surface area contributed by atoms with Crippen LogP contribution in [-0.2, 0) is 13.8 Å². The zero-order valence-corrected chi connectivity index (χ0v) is 12.3. The van der Waals surface area contributed by atoms with E-state index in [0.717, 1.165) is 18.9 Å². The number of esters is 1. The molecule has 0 saturated carbocycles. The van der Waals surface area contributed by atoms with Crippen LogP contribution in [0.1, 0.15) is 30.1 Å². The molecule has 0 heterocycles. The van der Waals surface area contributed by atoms with E-state index in [4.69, 9.17) is 20.2 Å². The summed E-state index contributed by atoms with van der Waals surface area (Å²) in [6.07, 6.45) is 1.63. The van der Waals surface area contributed by atoms with Crippen molar-refractivity contribution < 1.29 is 22.7 Å². The molecule has 106 valence electrons. The van der Waals surface area contributed by atoms with E-state index in [2.05, 4.69) is 0 Å². The topological polar surface area (TPSA) is 69.7 Å². The first kappa shape index (κ1) is 15.8. The van der Waals surface area contributed by atoms with Crippen molar-refractivity contribution in [3.8, 4) is 5.75 Å². The highest BCUT2D eigenvalue weighted by molar-refractivity contribution is 8.13. The Morgan fingerprint density at radius 2 is 2.05 bits per heavy atom. The molecule has 7 heteroatoms. The zero-order valence-electron chi connectivity index (χ0n) is 10.7. The fourth-order valence-corrected chi connectivity index (χ4v) is 2.16. The summed E-state index contributed by atoms with van der Waals surface area (Å²) in [5.74, 6) is -0.391. The summed E-state index contributed by atoms with van der Waals surface area (Å²) >= 11 is 0. The van der Waals surface area contributed by atoms with Gasteiger partial charge in [0.1, 0.15) is 11.3 Å². The summed E-state index contributed by atoms with van der Waals surface area (Å²) in [4.78, 5) is 11.7. The average Bonchev–Trinajstić information content (AvgIpc) is 2.37. The van der Waals surface area contributed by atoms with Gasteiger partial charge in [-0.3, -0.25) is 0 Å². The van der Waals surface area contributed by atoms with Crippen LogP contribution in [-0.4, -0.2) is 28.1 Å². The second kappa shape index (κ2) is 6.77. The van der Waals surface area contributed by atoms with Crippen LogP contribution in [0.5, 0.6) is 5.75 Å². The normalized spacial score (nSPS) is 11.1. The number of ether oxygens (including phenoxy) is 2. The van der Waals surface area contributed by atoms with Crippen molar-refractivity contribution in [2.24, 2.45) is 0 Å². The van der Waals surface area contributed by atoms with Crippen molar-refractivity contribution in [3.63, 3.8) is 0 Å². The van der Waals surface area contributed by atoms with Gasteiger partial charge in [-0.2, -0.15) is 0 Å². The highest BCUT2D eigenvalue weighted by Crippen LogP contribution is 2.25. The minimum absolute atomic E-state index is 0.0420. The molecule has 0 spiro atoms. The van der Waals surface area contributed by atoms with Crippen molar-refractivity contribution >= 4 is 25.7 Å². The van der Waals surface area contributed by atoms with E-state index >= 15 is 0 Å². The minimum Gasteiger partial charge on any atom is -0.496 e. The number of hydrogen-bond acceptors (Lipinski definition) is 5. The summed E-state index contributed by atoms with van der Waals surface area (Å²) < 4.78 is 32.5. The number of unbranched alkanes of at least 4 members (excludes halogenated alkanes) is 1. The highest BCUT2D eigenvalue weighted by Gasteiger charge is 2.19. The molecule has 0 bridgehead atoms. The molecule has 1 aromatic carbocycles. The lowest BCUT2D eigenvalue weighted by Gasteiger charge is -2.09. The van der Waals surface area contributed by atoms with Gasteiger partial charge in [-0.1, -0.05) is 13.3 Å². The monoisotopic (exact) mass is 306 g/mol. The predicted molar refractivity (Wildman–Crippen MR) is 71.2 cm³/mol. The number of carbonyl (C=O) groups is 1. The Bertz CT molecular complexity index is 553. The van der Waals surface area contributed by atoms with Gasteiger partial charge in [-0.25, -0.2) is 13.2 Å². The number of rotatable bonds is 6. The van der Waals surface area contributed by atoms with E-state index in [-0.39, 0.29) is 22.8 Å². The third kappa shape index (κ3) is 4.40. The number of carbonyl (C=O) groups excluding carboxylic acids is 1. The van der Waals surface area contributed by atoms with Gasteiger partial charge in [0, 0.05) is 10.7 Å². The van der Waals surface area contributed by atoms with Gasteiger partial charge in [0.25, 0.3) is 9.05 Å². The average molecular weight is 307 g/mol. The standard InChI is InChI=1S/C12H15ClO5S/c1-3-4-7-18-12(14)10-8-9(19(13,15)16)5-6-11(10)17-2/h5-6,8H,3-4,7H2,1-2H3. The largest absolute Gasteiger partial charge is 0.496 e. The minimum atomic E-state index is -3.90. The Morgan fingerprint density at radius 3 is 2.58 bits per heavy atom.